The molecule has 0 heterocycles. The highest BCUT2D eigenvalue weighted by atomic mass is 19.2. The minimum Gasteiger partial charge on any atom is -0.490 e. The molecule has 0 spiro atoms. The minimum absolute atomic E-state index is 0.262. The molecular formula is C23H22F2O. The number of halogens is 2. The first-order chi connectivity index (χ1) is 12.6. The van der Waals surface area contributed by atoms with E-state index in [0.717, 1.165) is 18.4 Å². The summed E-state index contributed by atoms with van der Waals surface area (Å²) in [6.07, 6.45) is 5.64. The van der Waals surface area contributed by atoms with Gasteiger partial charge in [0, 0.05) is 10.9 Å². The molecule has 0 bridgehead atoms. The maximum atomic E-state index is 14.7. The van der Waals surface area contributed by atoms with Gasteiger partial charge in [-0.2, -0.15) is 0 Å². The van der Waals surface area contributed by atoms with Crippen molar-refractivity contribution in [2.75, 3.05) is 6.61 Å². The van der Waals surface area contributed by atoms with Crippen molar-refractivity contribution in [2.24, 2.45) is 0 Å². The van der Waals surface area contributed by atoms with Crippen molar-refractivity contribution in [3.05, 3.63) is 77.9 Å². The molecule has 3 aromatic rings. The number of ether oxygens (including phenoxy) is 1. The Bertz CT molecular complexity index is 927. The molecule has 0 aromatic heterocycles. The zero-order valence-electron chi connectivity index (χ0n) is 15.1. The Hall–Kier alpha value is -2.68. The van der Waals surface area contributed by atoms with E-state index in [-0.39, 0.29) is 5.56 Å². The molecule has 0 aliphatic carbocycles. The molecule has 0 atom stereocenters. The first-order valence-electron chi connectivity index (χ1n) is 8.89. The second-order valence-electron chi connectivity index (χ2n) is 6.26. The Morgan fingerprint density at radius 3 is 2.42 bits per heavy atom. The molecule has 0 fully saturated rings. The van der Waals surface area contributed by atoms with Crippen LogP contribution in [0.25, 0.3) is 21.9 Å². The molecule has 3 aromatic carbocycles. The molecule has 0 aliphatic rings. The Balaban J connectivity index is 1.97. The van der Waals surface area contributed by atoms with E-state index in [4.69, 9.17) is 4.74 Å². The fourth-order valence-electron chi connectivity index (χ4n) is 3.00. The van der Waals surface area contributed by atoms with Crippen molar-refractivity contribution >= 4 is 10.8 Å². The van der Waals surface area contributed by atoms with E-state index in [1.165, 1.54) is 0 Å². The molecule has 3 rings (SSSR count). The number of hydrogen-bond acceptors (Lipinski definition) is 1. The van der Waals surface area contributed by atoms with Gasteiger partial charge in [0.25, 0.3) is 0 Å². The smallest absolute Gasteiger partial charge is 0.167 e. The zero-order chi connectivity index (χ0) is 18.5. The molecule has 1 nitrogen and oxygen atoms in total. The standard InChI is InChI=1S/C23H22F2O/c1-3-5-13-26-19-11-9-17(10-12-19)21-15-18-8-7-16(6-4-2)14-20(18)22(24)23(21)25/h3,5,7-12,14-15H,4,6,13H2,1-2H3. The van der Waals surface area contributed by atoms with Crippen molar-refractivity contribution in [3.8, 4) is 16.9 Å². The highest BCUT2D eigenvalue weighted by molar-refractivity contribution is 5.89. The van der Waals surface area contributed by atoms with Crippen LogP contribution in [0.4, 0.5) is 8.78 Å². The summed E-state index contributed by atoms with van der Waals surface area (Å²) in [5.41, 5.74) is 1.91. The number of aryl methyl sites for hydroxylation is 1. The SMILES string of the molecule is CC=CCOc1ccc(-c2cc3ccc(CCC)cc3c(F)c2F)cc1. The topological polar surface area (TPSA) is 9.23 Å². The number of fused-ring (bicyclic) bond motifs is 1. The highest BCUT2D eigenvalue weighted by Crippen LogP contribution is 2.32. The molecule has 0 unspecified atom stereocenters. The van der Waals surface area contributed by atoms with Gasteiger partial charge >= 0.3 is 0 Å². The van der Waals surface area contributed by atoms with Crippen LogP contribution in [0.3, 0.4) is 0 Å². The number of allylic oxidation sites excluding steroid dienone is 1. The predicted octanol–water partition coefficient (Wildman–Crippen LogP) is 6.69. The summed E-state index contributed by atoms with van der Waals surface area (Å²) in [7, 11) is 0. The van der Waals surface area contributed by atoms with Gasteiger partial charge in [0.2, 0.25) is 0 Å². The second kappa shape index (κ2) is 8.13. The van der Waals surface area contributed by atoms with Crippen LogP contribution in [0.15, 0.2) is 60.7 Å². The first-order valence-corrected chi connectivity index (χ1v) is 8.89. The van der Waals surface area contributed by atoms with Gasteiger partial charge < -0.3 is 4.74 Å². The van der Waals surface area contributed by atoms with Gasteiger partial charge in [0.1, 0.15) is 12.4 Å². The van der Waals surface area contributed by atoms with Crippen molar-refractivity contribution in [2.45, 2.75) is 26.7 Å². The largest absolute Gasteiger partial charge is 0.490 e. The Kier molecular flexibility index (Phi) is 5.67. The third-order valence-electron chi connectivity index (χ3n) is 4.37. The van der Waals surface area contributed by atoms with E-state index in [2.05, 4.69) is 6.92 Å². The van der Waals surface area contributed by atoms with Crippen LogP contribution in [0.5, 0.6) is 5.75 Å². The molecule has 0 N–H and O–H groups in total. The summed E-state index contributed by atoms with van der Waals surface area (Å²) in [4.78, 5) is 0. The highest BCUT2D eigenvalue weighted by Gasteiger charge is 2.15. The average molecular weight is 352 g/mol. The van der Waals surface area contributed by atoms with E-state index < -0.39 is 11.6 Å². The maximum absolute atomic E-state index is 14.7. The molecule has 26 heavy (non-hydrogen) atoms. The number of rotatable bonds is 6. The van der Waals surface area contributed by atoms with Crippen molar-refractivity contribution in [1.82, 2.24) is 0 Å². The first kappa shape index (κ1) is 18.1. The molecule has 0 amide bonds. The summed E-state index contributed by atoms with van der Waals surface area (Å²) < 4.78 is 34.9. The van der Waals surface area contributed by atoms with E-state index in [0.29, 0.717) is 28.7 Å². The summed E-state index contributed by atoms with van der Waals surface area (Å²) in [6.45, 7) is 4.47. The van der Waals surface area contributed by atoms with Crippen molar-refractivity contribution < 1.29 is 13.5 Å². The Morgan fingerprint density at radius 1 is 0.962 bits per heavy atom. The van der Waals surface area contributed by atoms with Gasteiger partial charge in [-0.25, -0.2) is 8.78 Å². The van der Waals surface area contributed by atoms with Crippen LogP contribution >= 0.6 is 0 Å². The fraction of sp³-hybridized carbons (Fsp3) is 0.217. The number of benzene rings is 3. The lowest BCUT2D eigenvalue weighted by molar-refractivity contribution is 0.363. The lowest BCUT2D eigenvalue weighted by Gasteiger charge is -2.10. The number of hydrogen-bond donors (Lipinski definition) is 0. The normalized spacial score (nSPS) is 11.4. The lowest BCUT2D eigenvalue weighted by Crippen LogP contribution is -1.95. The average Bonchev–Trinajstić information content (AvgIpc) is 2.66. The lowest BCUT2D eigenvalue weighted by atomic mass is 9.97. The minimum atomic E-state index is -0.811. The quantitative estimate of drug-likeness (QED) is 0.449. The molecular weight excluding hydrogens is 330 g/mol. The van der Waals surface area contributed by atoms with E-state index in [1.807, 2.05) is 31.2 Å². The van der Waals surface area contributed by atoms with Crippen molar-refractivity contribution in [3.63, 3.8) is 0 Å². The summed E-state index contributed by atoms with van der Waals surface area (Å²) in [6, 6.07) is 14.3. The molecule has 0 saturated carbocycles. The van der Waals surface area contributed by atoms with Crippen LogP contribution in [-0.2, 0) is 6.42 Å². The zero-order valence-corrected chi connectivity index (χ0v) is 15.1. The third-order valence-corrected chi connectivity index (χ3v) is 4.37. The summed E-state index contributed by atoms with van der Waals surface area (Å²) in [5.74, 6) is -0.907. The Morgan fingerprint density at radius 2 is 1.73 bits per heavy atom. The van der Waals surface area contributed by atoms with Gasteiger partial charge in [0.05, 0.1) is 0 Å². The fourth-order valence-corrected chi connectivity index (χ4v) is 3.00. The molecule has 0 radical (unpaired) electrons. The van der Waals surface area contributed by atoms with Crippen molar-refractivity contribution in [1.29, 1.82) is 0 Å². The monoisotopic (exact) mass is 352 g/mol. The van der Waals surface area contributed by atoms with Crippen LogP contribution in [0, 0.1) is 11.6 Å². The van der Waals surface area contributed by atoms with Crippen LogP contribution in [-0.4, -0.2) is 6.61 Å². The van der Waals surface area contributed by atoms with E-state index in [9.17, 15) is 8.78 Å². The molecule has 3 heteroatoms. The molecule has 134 valence electrons. The van der Waals surface area contributed by atoms with Crippen LogP contribution in [0.1, 0.15) is 25.8 Å². The summed E-state index contributed by atoms with van der Waals surface area (Å²) in [5, 5.41) is 1.04. The Labute approximate surface area is 152 Å². The predicted molar refractivity (Wildman–Crippen MR) is 104 cm³/mol. The maximum Gasteiger partial charge on any atom is 0.167 e. The third kappa shape index (κ3) is 3.77. The molecule has 0 aliphatic heterocycles. The van der Waals surface area contributed by atoms with E-state index in [1.54, 1.807) is 36.4 Å². The van der Waals surface area contributed by atoms with Crippen LogP contribution in [0.2, 0.25) is 0 Å². The van der Waals surface area contributed by atoms with Gasteiger partial charge in [-0.3, -0.25) is 0 Å². The summed E-state index contributed by atoms with van der Waals surface area (Å²) >= 11 is 0. The van der Waals surface area contributed by atoms with Crippen LogP contribution < -0.4 is 4.74 Å². The second-order valence-corrected chi connectivity index (χ2v) is 6.26. The van der Waals surface area contributed by atoms with Gasteiger partial charge in [-0.1, -0.05) is 49.8 Å². The molecule has 0 saturated heterocycles. The van der Waals surface area contributed by atoms with Gasteiger partial charge in [0.15, 0.2) is 11.6 Å². The van der Waals surface area contributed by atoms with Gasteiger partial charge in [-0.05, 0) is 54.1 Å². The van der Waals surface area contributed by atoms with E-state index >= 15 is 0 Å². The van der Waals surface area contributed by atoms with Gasteiger partial charge in [-0.15, -0.1) is 0 Å².